The smallest absolute Gasteiger partial charge is 0.252 e. The van der Waals surface area contributed by atoms with Crippen molar-refractivity contribution in [2.24, 2.45) is 11.7 Å². The lowest BCUT2D eigenvalue weighted by Gasteiger charge is -2.31. The van der Waals surface area contributed by atoms with Crippen molar-refractivity contribution in [3.63, 3.8) is 0 Å². The maximum absolute atomic E-state index is 13.3. The van der Waals surface area contributed by atoms with E-state index < -0.39 is 0 Å². The molecule has 5 heteroatoms. The Balaban J connectivity index is 0.00000192. The summed E-state index contributed by atoms with van der Waals surface area (Å²) in [6.45, 7) is 0.603. The van der Waals surface area contributed by atoms with Gasteiger partial charge in [0.05, 0.1) is 0 Å². The molecule has 2 aromatic carbocycles. The molecule has 1 amide bonds. The van der Waals surface area contributed by atoms with Gasteiger partial charge in [0.2, 0.25) is 0 Å². The Labute approximate surface area is 141 Å². The number of carbonyl (C=O) groups excluding carboxylic acids is 1. The number of fused-ring (bicyclic) bond motifs is 1. The summed E-state index contributed by atoms with van der Waals surface area (Å²) in [6, 6.07) is 10.0. The van der Waals surface area contributed by atoms with Crippen molar-refractivity contribution in [3.05, 3.63) is 47.8 Å². The lowest BCUT2D eigenvalue weighted by Crippen LogP contribution is -2.44. The van der Waals surface area contributed by atoms with Crippen LogP contribution in [0.3, 0.4) is 0 Å². The second-order valence-corrected chi connectivity index (χ2v) is 6.03. The van der Waals surface area contributed by atoms with Gasteiger partial charge < -0.3 is 11.1 Å². The molecule has 3 nitrogen and oxygen atoms in total. The lowest BCUT2D eigenvalue weighted by atomic mass is 9.84. The van der Waals surface area contributed by atoms with E-state index in [0.29, 0.717) is 18.0 Å². The van der Waals surface area contributed by atoms with Gasteiger partial charge >= 0.3 is 0 Å². The molecule has 0 aromatic heterocycles. The Bertz CT molecular complexity index is 692. The monoisotopic (exact) mass is 336 g/mol. The highest BCUT2D eigenvalue weighted by Gasteiger charge is 2.26. The van der Waals surface area contributed by atoms with Crippen molar-refractivity contribution in [2.75, 3.05) is 6.54 Å². The van der Waals surface area contributed by atoms with Gasteiger partial charge in [-0.3, -0.25) is 4.79 Å². The topological polar surface area (TPSA) is 55.1 Å². The molecule has 0 radical (unpaired) electrons. The van der Waals surface area contributed by atoms with Crippen LogP contribution in [0, 0.1) is 11.7 Å². The minimum absolute atomic E-state index is 0. The van der Waals surface area contributed by atoms with Crippen molar-refractivity contribution in [1.82, 2.24) is 5.32 Å². The molecule has 1 aliphatic carbocycles. The highest BCUT2D eigenvalue weighted by molar-refractivity contribution is 6.07. The minimum Gasteiger partial charge on any atom is -0.349 e. The first-order chi connectivity index (χ1) is 10.7. The van der Waals surface area contributed by atoms with E-state index in [2.05, 4.69) is 5.32 Å². The van der Waals surface area contributed by atoms with E-state index in [9.17, 15) is 9.18 Å². The zero-order valence-electron chi connectivity index (χ0n) is 12.9. The van der Waals surface area contributed by atoms with E-state index in [1.54, 1.807) is 18.2 Å². The maximum atomic E-state index is 13.3. The molecular weight excluding hydrogens is 315 g/mol. The highest BCUT2D eigenvalue weighted by atomic mass is 35.5. The molecule has 1 aliphatic rings. The molecule has 0 spiro atoms. The first-order valence-electron chi connectivity index (χ1n) is 7.88. The standard InChI is InChI=1S/C18H21FN2O.ClH/c19-14-8-9-15-12(10-14)5-3-6-16(15)18(22)21-17-7-2-1-4-13(17)11-20;/h3,5-6,8-10,13,17H,1-2,4,7,11,20H2,(H,21,22);1H. The third-order valence-corrected chi connectivity index (χ3v) is 4.62. The molecular formula is C18H22ClFN2O. The molecule has 2 unspecified atom stereocenters. The Morgan fingerprint density at radius 3 is 2.78 bits per heavy atom. The van der Waals surface area contributed by atoms with E-state index in [1.165, 1.54) is 18.6 Å². The van der Waals surface area contributed by atoms with Gasteiger partial charge in [-0.25, -0.2) is 4.39 Å². The van der Waals surface area contributed by atoms with Gasteiger partial charge in [0.15, 0.2) is 0 Å². The number of rotatable bonds is 3. The third kappa shape index (κ3) is 3.82. The molecule has 1 saturated carbocycles. The SMILES string of the molecule is Cl.NCC1CCCCC1NC(=O)c1cccc2cc(F)ccc12. The van der Waals surface area contributed by atoms with Crippen LogP contribution in [-0.2, 0) is 0 Å². The number of hydrogen-bond acceptors (Lipinski definition) is 2. The van der Waals surface area contributed by atoms with E-state index in [1.807, 2.05) is 6.07 Å². The predicted octanol–water partition coefficient (Wildman–Crippen LogP) is 3.65. The van der Waals surface area contributed by atoms with E-state index in [-0.39, 0.29) is 30.2 Å². The Hall–Kier alpha value is -1.65. The van der Waals surface area contributed by atoms with Gasteiger partial charge in [0, 0.05) is 11.6 Å². The first-order valence-corrected chi connectivity index (χ1v) is 7.88. The summed E-state index contributed by atoms with van der Waals surface area (Å²) in [6.07, 6.45) is 4.36. The molecule has 3 rings (SSSR count). The van der Waals surface area contributed by atoms with Crippen LogP contribution >= 0.6 is 12.4 Å². The van der Waals surface area contributed by atoms with Crippen LogP contribution in [0.1, 0.15) is 36.0 Å². The lowest BCUT2D eigenvalue weighted by molar-refractivity contribution is 0.0910. The van der Waals surface area contributed by atoms with Gasteiger partial charge in [-0.1, -0.05) is 31.0 Å². The zero-order valence-corrected chi connectivity index (χ0v) is 13.7. The summed E-state index contributed by atoms with van der Waals surface area (Å²) < 4.78 is 13.3. The third-order valence-electron chi connectivity index (χ3n) is 4.62. The normalized spacial score (nSPS) is 20.8. The van der Waals surface area contributed by atoms with Crippen molar-refractivity contribution in [1.29, 1.82) is 0 Å². The quantitative estimate of drug-likeness (QED) is 0.899. The summed E-state index contributed by atoms with van der Waals surface area (Å²) >= 11 is 0. The Morgan fingerprint density at radius 2 is 2.00 bits per heavy atom. The summed E-state index contributed by atoms with van der Waals surface area (Å²) in [5.41, 5.74) is 6.42. The Kier molecular flexibility index (Phi) is 5.97. The van der Waals surface area contributed by atoms with Crippen LogP contribution < -0.4 is 11.1 Å². The summed E-state index contributed by atoms with van der Waals surface area (Å²) in [5.74, 6) is -0.0341. The molecule has 3 N–H and O–H groups in total. The Morgan fingerprint density at radius 1 is 1.22 bits per heavy atom. The number of halogens is 2. The van der Waals surface area contributed by atoms with Crippen LogP contribution in [0.5, 0.6) is 0 Å². The molecule has 2 aromatic rings. The molecule has 124 valence electrons. The van der Waals surface area contributed by atoms with Gasteiger partial charge in [-0.05, 0) is 54.3 Å². The fraction of sp³-hybridized carbons (Fsp3) is 0.389. The van der Waals surface area contributed by atoms with Crippen LogP contribution in [0.4, 0.5) is 4.39 Å². The number of amides is 1. The fourth-order valence-electron chi connectivity index (χ4n) is 3.38. The largest absolute Gasteiger partial charge is 0.349 e. The summed E-state index contributed by atoms with van der Waals surface area (Å²) in [5, 5.41) is 4.65. The number of benzene rings is 2. The highest BCUT2D eigenvalue weighted by Crippen LogP contribution is 2.25. The molecule has 23 heavy (non-hydrogen) atoms. The molecule has 0 heterocycles. The second kappa shape index (κ2) is 7.75. The van der Waals surface area contributed by atoms with Crippen molar-refractivity contribution >= 4 is 29.1 Å². The molecule has 1 fully saturated rings. The minimum atomic E-state index is -0.291. The average Bonchev–Trinajstić information content (AvgIpc) is 2.54. The van der Waals surface area contributed by atoms with E-state index in [0.717, 1.165) is 30.0 Å². The van der Waals surface area contributed by atoms with Crippen LogP contribution in [0.25, 0.3) is 10.8 Å². The number of nitrogens with one attached hydrogen (secondary N) is 1. The molecule has 0 bridgehead atoms. The fourth-order valence-corrected chi connectivity index (χ4v) is 3.38. The van der Waals surface area contributed by atoms with Gasteiger partial charge in [0.25, 0.3) is 5.91 Å². The summed E-state index contributed by atoms with van der Waals surface area (Å²) in [7, 11) is 0. The van der Waals surface area contributed by atoms with E-state index >= 15 is 0 Å². The number of nitrogens with two attached hydrogens (primary N) is 1. The molecule has 0 saturated heterocycles. The first kappa shape index (κ1) is 17.7. The summed E-state index contributed by atoms with van der Waals surface area (Å²) in [4.78, 5) is 12.6. The predicted molar refractivity (Wildman–Crippen MR) is 93.4 cm³/mol. The van der Waals surface area contributed by atoms with Crippen LogP contribution in [0.2, 0.25) is 0 Å². The van der Waals surface area contributed by atoms with Crippen LogP contribution in [-0.4, -0.2) is 18.5 Å². The van der Waals surface area contributed by atoms with Gasteiger partial charge in [-0.15, -0.1) is 12.4 Å². The van der Waals surface area contributed by atoms with Gasteiger partial charge in [-0.2, -0.15) is 0 Å². The van der Waals surface area contributed by atoms with Crippen LogP contribution in [0.15, 0.2) is 36.4 Å². The number of carbonyl (C=O) groups is 1. The van der Waals surface area contributed by atoms with E-state index in [4.69, 9.17) is 5.73 Å². The maximum Gasteiger partial charge on any atom is 0.252 e. The van der Waals surface area contributed by atoms with Crippen molar-refractivity contribution in [3.8, 4) is 0 Å². The molecule has 2 atom stereocenters. The number of hydrogen-bond donors (Lipinski definition) is 2. The van der Waals surface area contributed by atoms with Crippen molar-refractivity contribution in [2.45, 2.75) is 31.7 Å². The second-order valence-electron chi connectivity index (χ2n) is 6.03. The van der Waals surface area contributed by atoms with Gasteiger partial charge in [0.1, 0.15) is 5.82 Å². The average molecular weight is 337 g/mol. The zero-order chi connectivity index (χ0) is 15.5. The van der Waals surface area contributed by atoms with Crippen molar-refractivity contribution < 1.29 is 9.18 Å². The molecule has 0 aliphatic heterocycles.